The molecule has 1 aliphatic carbocycles. The van der Waals surface area contributed by atoms with Crippen LogP contribution in [0.1, 0.15) is 11.1 Å². The topological polar surface area (TPSA) is 6.48 Å². The lowest BCUT2D eigenvalue weighted by Gasteiger charge is -2.30. The van der Waals surface area contributed by atoms with E-state index < -0.39 is 0 Å². The van der Waals surface area contributed by atoms with Gasteiger partial charge in [-0.25, -0.2) is 0 Å². The largest absolute Gasteiger partial charge is 0.310 e. The molecule has 3 heteroatoms. The lowest BCUT2D eigenvalue weighted by Crippen LogP contribution is -2.13. The second-order valence-electron chi connectivity index (χ2n) is 14.8. The van der Waals surface area contributed by atoms with Crippen LogP contribution >= 0.6 is 11.3 Å². The monoisotopic (exact) mass is 730 g/mol. The van der Waals surface area contributed by atoms with Gasteiger partial charge >= 0.3 is 0 Å². The summed E-state index contributed by atoms with van der Waals surface area (Å²) in [7, 11) is 0. The Morgan fingerprint density at radius 2 is 0.893 bits per heavy atom. The fourth-order valence-electron chi connectivity index (χ4n) is 9.39. The third kappa shape index (κ3) is 4.62. The smallest absolute Gasteiger partial charge is 0.0640 e. The van der Waals surface area contributed by atoms with Crippen LogP contribution in [0, 0.1) is 0 Å². The van der Waals surface area contributed by atoms with Gasteiger partial charge in [0.15, 0.2) is 0 Å². The molecule has 10 aromatic carbocycles. The van der Waals surface area contributed by atoms with Crippen molar-refractivity contribution in [3.05, 3.63) is 205 Å². The number of hydrogen-bond donors (Lipinski definition) is 0. The molecule has 0 saturated carbocycles. The summed E-state index contributed by atoms with van der Waals surface area (Å²) in [6.45, 7) is 0. The van der Waals surface area contributed by atoms with Gasteiger partial charge < -0.3 is 9.80 Å². The minimum atomic E-state index is 0.919. The molecule has 1 aliphatic rings. The highest BCUT2D eigenvalue weighted by atomic mass is 32.1. The Kier molecular flexibility index (Phi) is 6.89. The molecule has 0 radical (unpaired) electrons. The van der Waals surface area contributed by atoms with E-state index in [1.54, 1.807) is 0 Å². The first kappa shape index (κ1) is 31.4. The predicted octanol–water partition coefficient (Wildman–Crippen LogP) is 15.5. The Morgan fingerprint density at radius 3 is 1.61 bits per heavy atom. The van der Waals surface area contributed by atoms with Gasteiger partial charge in [0, 0.05) is 44.0 Å². The zero-order valence-electron chi connectivity index (χ0n) is 30.5. The van der Waals surface area contributed by atoms with Crippen molar-refractivity contribution in [2.75, 3.05) is 9.80 Å². The summed E-state index contributed by atoms with van der Waals surface area (Å²) in [5.41, 5.74) is 12.5. The van der Waals surface area contributed by atoms with Crippen molar-refractivity contribution in [1.29, 1.82) is 0 Å². The van der Waals surface area contributed by atoms with E-state index in [1.807, 2.05) is 11.3 Å². The van der Waals surface area contributed by atoms with E-state index in [0.717, 1.165) is 17.8 Å². The first-order valence-electron chi connectivity index (χ1n) is 19.3. The predicted molar refractivity (Wildman–Crippen MR) is 241 cm³/mol. The maximum atomic E-state index is 2.50. The first-order valence-corrected chi connectivity index (χ1v) is 20.1. The summed E-state index contributed by atoms with van der Waals surface area (Å²) in [5.74, 6) is 0. The molecule has 0 unspecified atom stereocenters. The van der Waals surface area contributed by atoms with Crippen molar-refractivity contribution in [3.8, 4) is 11.1 Å². The SMILES string of the molecule is c1ccc(N(c2cccc3c2Cc2ccccc2-3)c2ccc3ccc4c(N(c5ccccc5)c5cccc6c5sc5ccccc56)ccc5ccc2c3c54)cc1. The summed E-state index contributed by atoms with van der Waals surface area (Å²) < 4.78 is 2.60. The molecule has 0 saturated heterocycles. The van der Waals surface area contributed by atoms with Crippen molar-refractivity contribution in [3.63, 3.8) is 0 Å². The van der Waals surface area contributed by atoms with Crippen molar-refractivity contribution in [2.45, 2.75) is 6.42 Å². The van der Waals surface area contributed by atoms with E-state index in [1.165, 1.54) is 97.5 Å². The van der Waals surface area contributed by atoms with Gasteiger partial charge in [-0.3, -0.25) is 0 Å². The Bertz CT molecular complexity index is 3290. The molecule has 0 aliphatic heterocycles. The molecule has 11 aromatic rings. The molecule has 0 amide bonds. The molecule has 56 heavy (non-hydrogen) atoms. The van der Waals surface area contributed by atoms with Crippen LogP contribution in [0.15, 0.2) is 194 Å². The van der Waals surface area contributed by atoms with Gasteiger partial charge in [-0.15, -0.1) is 11.3 Å². The van der Waals surface area contributed by atoms with E-state index >= 15 is 0 Å². The molecular formula is C53H34N2S. The number of hydrogen-bond acceptors (Lipinski definition) is 3. The molecule has 0 fully saturated rings. The highest BCUT2D eigenvalue weighted by Crippen LogP contribution is 2.51. The van der Waals surface area contributed by atoms with Gasteiger partial charge in [-0.05, 0) is 98.4 Å². The van der Waals surface area contributed by atoms with E-state index in [-0.39, 0.29) is 0 Å². The zero-order valence-corrected chi connectivity index (χ0v) is 31.3. The second kappa shape index (κ2) is 12.3. The van der Waals surface area contributed by atoms with Crippen molar-refractivity contribution in [2.24, 2.45) is 0 Å². The number of rotatable bonds is 6. The Balaban J connectivity index is 1.12. The van der Waals surface area contributed by atoms with Crippen molar-refractivity contribution in [1.82, 2.24) is 0 Å². The zero-order chi connectivity index (χ0) is 36.7. The lowest BCUT2D eigenvalue weighted by molar-refractivity contribution is 1.20. The van der Waals surface area contributed by atoms with Crippen LogP contribution in [0.3, 0.4) is 0 Å². The van der Waals surface area contributed by atoms with Crippen LogP contribution in [-0.2, 0) is 6.42 Å². The quantitative estimate of drug-likeness (QED) is 0.157. The number of para-hydroxylation sites is 2. The second-order valence-corrected chi connectivity index (χ2v) is 15.9. The standard InChI is InChI=1S/C53H34N2S/c1-3-14-37(15-4-1)54(46-22-11-20-40-39-18-8-7-13-36(39)33-45(40)46)47-31-27-34-26-30-44-48(32-28-35-25-29-43(47)51(34)52(35)44)55(38-16-5-2-6-17-38)49-23-12-21-42-41-19-9-10-24-50(41)56-53(42)49/h1-32H,33H2. The fourth-order valence-corrected chi connectivity index (χ4v) is 10.6. The highest BCUT2D eigenvalue weighted by molar-refractivity contribution is 7.26. The first-order chi connectivity index (χ1) is 27.8. The van der Waals surface area contributed by atoms with E-state index in [0.29, 0.717) is 0 Å². The van der Waals surface area contributed by atoms with Crippen molar-refractivity contribution < 1.29 is 0 Å². The van der Waals surface area contributed by atoms with E-state index in [9.17, 15) is 0 Å². The number of fused-ring (bicyclic) bond motifs is 6. The van der Waals surface area contributed by atoms with E-state index in [2.05, 4.69) is 204 Å². The number of thiophene rings is 1. The van der Waals surface area contributed by atoms with Gasteiger partial charge in [0.25, 0.3) is 0 Å². The van der Waals surface area contributed by atoms with Crippen LogP contribution in [0.25, 0.3) is 63.6 Å². The van der Waals surface area contributed by atoms with E-state index in [4.69, 9.17) is 0 Å². The molecule has 1 aromatic heterocycles. The van der Waals surface area contributed by atoms with Crippen molar-refractivity contribution >= 4 is 98.0 Å². The number of nitrogens with zero attached hydrogens (tertiary/aromatic N) is 2. The Hall–Kier alpha value is -6.94. The van der Waals surface area contributed by atoms with Gasteiger partial charge in [0.1, 0.15) is 0 Å². The third-order valence-corrected chi connectivity index (χ3v) is 13.0. The highest BCUT2D eigenvalue weighted by Gasteiger charge is 2.27. The van der Waals surface area contributed by atoms with Crippen LogP contribution in [-0.4, -0.2) is 0 Å². The summed E-state index contributed by atoms with van der Waals surface area (Å²) >= 11 is 1.88. The minimum absolute atomic E-state index is 0.919. The maximum absolute atomic E-state index is 2.50. The van der Waals surface area contributed by atoms with Crippen LogP contribution in [0.4, 0.5) is 34.1 Å². The summed E-state index contributed by atoms with van der Waals surface area (Å²) in [4.78, 5) is 4.97. The molecule has 0 atom stereocenters. The maximum Gasteiger partial charge on any atom is 0.0640 e. The van der Waals surface area contributed by atoms with Crippen LogP contribution in [0.2, 0.25) is 0 Å². The normalized spacial score (nSPS) is 12.2. The molecule has 1 heterocycles. The van der Waals surface area contributed by atoms with Crippen LogP contribution < -0.4 is 9.80 Å². The molecule has 262 valence electrons. The fraction of sp³-hybridized carbons (Fsp3) is 0.0189. The summed E-state index contributed by atoms with van der Waals surface area (Å²) in [6, 6.07) is 71.6. The number of anilines is 6. The van der Waals surface area contributed by atoms with Gasteiger partial charge in [0.05, 0.1) is 27.4 Å². The Morgan fingerprint density at radius 1 is 0.357 bits per heavy atom. The average molecular weight is 731 g/mol. The average Bonchev–Trinajstić information content (AvgIpc) is 3.84. The minimum Gasteiger partial charge on any atom is -0.310 e. The summed E-state index contributed by atoms with van der Waals surface area (Å²) in [6.07, 6.45) is 0.919. The van der Waals surface area contributed by atoms with Gasteiger partial charge in [-0.2, -0.15) is 0 Å². The lowest BCUT2D eigenvalue weighted by atomic mass is 9.91. The molecule has 2 nitrogen and oxygen atoms in total. The number of benzene rings is 10. The molecule has 0 spiro atoms. The van der Waals surface area contributed by atoms with Gasteiger partial charge in [-0.1, -0.05) is 140 Å². The molecule has 0 N–H and O–H groups in total. The molecular weight excluding hydrogens is 697 g/mol. The molecule has 12 rings (SSSR count). The molecule has 0 bridgehead atoms. The Labute approximate surface area is 329 Å². The van der Waals surface area contributed by atoms with Gasteiger partial charge in [0.2, 0.25) is 0 Å². The van der Waals surface area contributed by atoms with Crippen LogP contribution in [0.5, 0.6) is 0 Å². The summed E-state index contributed by atoms with van der Waals surface area (Å²) in [5, 5.41) is 10.2. The third-order valence-electron chi connectivity index (χ3n) is 11.8.